The molecule has 38 heavy (non-hydrogen) atoms. The molecule has 5 rings (SSSR count). The Labute approximate surface area is 229 Å². The van der Waals surface area contributed by atoms with E-state index in [-0.39, 0.29) is 11.5 Å². The Morgan fingerprint density at radius 3 is 2.50 bits per heavy atom. The molecule has 5 aromatic rings. The number of hydrogen-bond donors (Lipinski definition) is 0. The minimum atomic E-state index is -0.195. The maximum Gasteiger partial charge on any atom is 0.265 e. The first-order valence-electron chi connectivity index (χ1n) is 12.1. The molecule has 9 heteroatoms. The van der Waals surface area contributed by atoms with Crippen LogP contribution >= 0.6 is 22.9 Å². The van der Waals surface area contributed by atoms with Gasteiger partial charge in [0.15, 0.2) is 0 Å². The van der Waals surface area contributed by atoms with Gasteiger partial charge < -0.3 is 14.2 Å². The second-order valence-corrected chi connectivity index (χ2v) is 10.7. The van der Waals surface area contributed by atoms with Crippen molar-refractivity contribution in [1.29, 1.82) is 0 Å². The predicted octanol–water partition coefficient (Wildman–Crippen LogP) is 5.97. The van der Waals surface area contributed by atoms with Crippen molar-refractivity contribution in [2.24, 2.45) is 0 Å². The number of rotatable bonds is 8. The zero-order chi connectivity index (χ0) is 26.8. The molecule has 3 aromatic heterocycles. The fraction of sp³-hybridized carbons (Fsp3) is 0.207. The van der Waals surface area contributed by atoms with Gasteiger partial charge in [-0.1, -0.05) is 41.9 Å². The molecule has 1 amide bonds. The summed E-state index contributed by atoms with van der Waals surface area (Å²) in [5.41, 5.74) is 3.34. The third kappa shape index (κ3) is 5.23. The van der Waals surface area contributed by atoms with Crippen LogP contribution in [0.2, 0.25) is 5.02 Å². The fourth-order valence-corrected chi connectivity index (χ4v) is 5.64. The van der Waals surface area contributed by atoms with Gasteiger partial charge in [0.2, 0.25) is 0 Å². The quantitative estimate of drug-likeness (QED) is 0.240. The summed E-state index contributed by atoms with van der Waals surface area (Å²) in [4.78, 5) is 36.7. The van der Waals surface area contributed by atoms with Crippen LogP contribution in [0, 0.1) is 6.92 Å². The normalized spacial score (nSPS) is 11.2. The monoisotopic (exact) mass is 546 g/mol. The second-order valence-electron chi connectivity index (χ2n) is 9.31. The van der Waals surface area contributed by atoms with Gasteiger partial charge in [-0.05, 0) is 53.9 Å². The summed E-state index contributed by atoms with van der Waals surface area (Å²) in [7, 11) is 3.98. The molecule has 0 aliphatic heterocycles. The number of thiophene rings is 1. The molecular formula is C29H27ClN4O3S. The van der Waals surface area contributed by atoms with Crippen molar-refractivity contribution >= 4 is 44.7 Å². The molecule has 7 nitrogen and oxygen atoms in total. The van der Waals surface area contributed by atoms with E-state index in [0.717, 1.165) is 16.8 Å². The molecule has 0 fully saturated rings. The topological polar surface area (TPSA) is 71.6 Å². The Morgan fingerprint density at radius 1 is 1.05 bits per heavy atom. The minimum Gasteiger partial charge on any atom is -0.467 e. The standard InChI is InChI=1S/C29H27ClN4O3S/c1-19-25-27(31-18-34(28(25)35)16-21-7-4-5-9-24(21)30)38-26(19)29(36)33(17-23-8-6-14-37-23)15-20-10-12-22(13-11-20)32(2)3/h4-14,18H,15-17H2,1-3H3. The molecule has 0 saturated heterocycles. The third-order valence-electron chi connectivity index (χ3n) is 6.45. The summed E-state index contributed by atoms with van der Waals surface area (Å²) < 4.78 is 7.09. The van der Waals surface area contributed by atoms with Crippen LogP contribution in [0.15, 0.2) is 82.5 Å². The van der Waals surface area contributed by atoms with Gasteiger partial charge in [-0.3, -0.25) is 14.2 Å². The molecular weight excluding hydrogens is 520 g/mol. The number of halogens is 1. The number of anilines is 1. The molecule has 3 heterocycles. The Kier molecular flexibility index (Phi) is 7.35. The van der Waals surface area contributed by atoms with Gasteiger partial charge in [0, 0.05) is 31.4 Å². The van der Waals surface area contributed by atoms with Crippen molar-refractivity contribution in [1.82, 2.24) is 14.5 Å². The van der Waals surface area contributed by atoms with Crippen LogP contribution in [0.5, 0.6) is 0 Å². The predicted molar refractivity (Wildman–Crippen MR) is 152 cm³/mol. The highest BCUT2D eigenvalue weighted by Crippen LogP contribution is 2.29. The van der Waals surface area contributed by atoms with Gasteiger partial charge in [0.1, 0.15) is 10.6 Å². The Bertz CT molecular complexity index is 1640. The summed E-state index contributed by atoms with van der Waals surface area (Å²) in [5, 5.41) is 1.05. The molecule has 0 spiro atoms. The summed E-state index contributed by atoms with van der Waals surface area (Å²) >= 11 is 7.55. The summed E-state index contributed by atoms with van der Waals surface area (Å²) in [5.74, 6) is 0.512. The molecule has 0 N–H and O–H groups in total. The first-order valence-corrected chi connectivity index (χ1v) is 13.3. The van der Waals surface area contributed by atoms with Crippen LogP contribution < -0.4 is 10.5 Å². The van der Waals surface area contributed by atoms with Crippen molar-refractivity contribution in [2.75, 3.05) is 19.0 Å². The van der Waals surface area contributed by atoms with E-state index < -0.39 is 0 Å². The van der Waals surface area contributed by atoms with Crippen LogP contribution in [0.3, 0.4) is 0 Å². The van der Waals surface area contributed by atoms with Crippen molar-refractivity contribution in [3.05, 3.63) is 116 Å². The molecule has 0 aliphatic rings. The number of hydrogen-bond acceptors (Lipinski definition) is 6. The highest BCUT2D eigenvalue weighted by molar-refractivity contribution is 7.20. The van der Waals surface area contributed by atoms with E-state index in [1.165, 1.54) is 22.2 Å². The Hall–Kier alpha value is -3.88. The van der Waals surface area contributed by atoms with Gasteiger partial charge >= 0.3 is 0 Å². The number of fused-ring (bicyclic) bond motifs is 1. The second kappa shape index (κ2) is 10.8. The van der Waals surface area contributed by atoms with E-state index in [1.54, 1.807) is 23.3 Å². The highest BCUT2D eigenvalue weighted by atomic mass is 35.5. The fourth-order valence-electron chi connectivity index (χ4n) is 4.34. The molecule has 194 valence electrons. The maximum atomic E-state index is 13.9. The van der Waals surface area contributed by atoms with E-state index in [0.29, 0.717) is 51.1 Å². The molecule has 0 aliphatic carbocycles. The van der Waals surface area contributed by atoms with Crippen LogP contribution in [0.4, 0.5) is 5.69 Å². The van der Waals surface area contributed by atoms with E-state index in [9.17, 15) is 9.59 Å². The van der Waals surface area contributed by atoms with Gasteiger partial charge in [-0.2, -0.15) is 0 Å². The summed E-state index contributed by atoms with van der Waals surface area (Å²) in [6, 6.07) is 19.2. The van der Waals surface area contributed by atoms with Gasteiger partial charge in [0.25, 0.3) is 11.5 Å². The van der Waals surface area contributed by atoms with E-state index in [2.05, 4.69) is 4.98 Å². The highest BCUT2D eigenvalue weighted by Gasteiger charge is 2.25. The first-order chi connectivity index (χ1) is 18.3. The number of nitrogens with zero attached hydrogens (tertiary/aromatic N) is 4. The lowest BCUT2D eigenvalue weighted by Crippen LogP contribution is -2.30. The molecule has 0 bridgehead atoms. The number of amides is 1. The lowest BCUT2D eigenvalue weighted by molar-refractivity contribution is 0.0722. The maximum absolute atomic E-state index is 13.9. The lowest BCUT2D eigenvalue weighted by Gasteiger charge is -2.22. The van der Waals surface area contributed by atoms with Crippen LogP contribution in [0.1, 0.15) is 32.1 Å². The van der Waals surface area contributed by atoms with Crippen LogP contribution in [0.25, 0.3) is 10.2 Å². The van der Waals surface area contributed by atoms with Gasteiger partial charge in [0.05, 0.1) is 35.9 Å². The Morgan fingerprint density at radius 2 is 1.82 bits per heavy atom. The zero-order valence-corrected chi connectivity index (χ0v) is 22.9. The zero-order valence-electron chi connectivity index (χ0n) is 21.3. The average molecular weight is 547 g/mol. The number of furan rings is 1. The van der Waals surface area contributed by atoms with Crippen LogP contribution in [-0.2, 0) is 19.6 Å². The number of carbonyl (C=O) groups is 1. The summed E-state index contributed by atoms with van der Waals surface area (Å²) in [6.07, 6.45) is 3.12. The lowest BCUT2D eigenvalue weighted by atomic mass is 10.1. The number of aryl methyl sites for hydroxylation is 1. The number of aromatic nitrogens is 2. The minimum absolute atomic E-state index is 0.171. The Balaban J connectivity index is 1.49. The van der Waals surface area contributed by atoms with Crippen LogP contribution in [-0.4, -0.2) is 34.5 Å². The molecule has 0 radical (unpaired) electrons. The van der Waals surface area contributed by atoms with Crippen molar-refractivity contribution < 1.29 is 9.21 Å². The first kappa shape index (κ1) is 25.8. The van der Waals surface area contributed by atoms with Crippen molar-refractivity contribution in [3.63, 3.8) is 0 Å². The van der Waals surface area contributed by atoms with Crippen molar-refractivity contribution in [2.45, 2.75) is 26.6 Å². The van der Waals surface area contributed by atoms with E-state index >= 15 is 0 Å². The molecule has 0 unspecified atom stereocenters. The SMILES string of the molecule is Cc1c(C(=O)N(Cc2ccc(N(C)C)cc2)Cc2ccco2)sc2ncn(Cc3ccccc3Cl)c(=O)c12. The molecule has 0 saturated carbocycles. The smallest absolute Gasteiger partial charge is 0.265 e. The van der Waals surface area contributed by atoms with Gasteiger partial charge in [-0.15, -0.1) is 11.3 Å². The number of carbonyl (C=O) groups excluding carboxylic acids is 1. The third-order valence-corrected chi connectivity index (χ3v) is 8.01. The largest absolute Gasteiger partial charge is 0.467 e. The average Bonchev–Trinajstić information content (AvgIpc) is 3.54. The van der Waals surface area contributed by atoms with Crippen molar-refractivity contribution in [3.8, 4) is 0 Å². The number of benzene rings is 2. The molecule has 2 aromatic carbocycles. The van der Waals surface area contributed by atoms with Gasteiger partial charge in [-0.25, -0.2) is 4.98 Å². The van der Waals surface area contributed by atoms with E-state index in [4.69, 9.17) is 16.0 Å². The molecule has 0 atom stereocenters. The summed E-state index contributed by atoms with van der Waals surface area (Å²) in [6.45, 7) is 2.81. The van der Waals surface area contributed by atoms with E-state index in [1.807, 2.05) is 74.4 Å².